The van der Waals surface area contributed by atoms with E-state index in [4.69, 9.17) is 8.94 Å². The molecule has 2 heterocycles. The number of anilines is 1. The lowest BCUT2D eigenvalue weighted by molar-refractivity contribution is 0.0940. The number of carbonyl (C=O) groups is 2. The van der Waals surface area contributed by atoms with Crippen molar-refractivity contribution in [3.05, 3.63) is 71.5 Å². The highest BCUT2D eigenvalue weighted by Gasteiger charge is 2.28. The Hall–Kier alpha value is -3.35. The highest BCUT2D eigenvalue weighted by atomic mass is 16.5. The minimum absolute atomic E-state index is 0.250. The summed E-state index contributed by atoms with van der Waals surface area (Å²) < 4.78 is 10.2. The van der Waals surface area contributed by atoms with Gasteiger partial charge in [0.2, 0.25) is 0 Å². The number of amides is 2. The van der Waals surface area contributed by atoms with Gasteiger partial charge in [-0.25, -0.2) is 0 Å². The molecule has 7 heteroatoms. The van der Waals surface area contributed by atoms with Crippen LogP contribution in [0.2, 0.25) is 0 Å². The first-order valence-corrected chi connectivity index (χ1v) is 8.37. The van der Waals surface area contributed by atoms with Crippen LogP contribution in [0.1, 0.15) is 51.1 Å². The molecular weight excluding hydrogens is 334 g/mol. The Bertz CT molecular complexity index is 909. The first-order valence-electron chi connectivity index (χ1n) is 8.37. The monoisotopic (exact) mass is 351 g/mol. The van der Waals surface area contributed by atoms with E-state index in [-0.39, 0.29) is 17.6 Å². The van der Waals surface area contributed by atoms with E-state index in [1.807, 2.05) is 12.1 Å². The van der Waals surface area contributed by atoms with Gasteiger partial charge in [0.05, 0.1) is 6.26 Å². The summed E-state index contributed by atoms with van der Waals surface area (Å²) in [5.41, 5.74) is 1.85. The maximum Gasteiger partial charge on any atom is 0.291 e. The van der Waals surface area contributed by atoms with E-state index in [1.165, 1.54) is 6.26 Å². The predicted molar refractivity (Wildman–Crippen MR) is 92.8 cm³/mol. The van der Waals surface area contributed by atoms with Crippen molar-refractivity contribution in [2.75, 3.05) is 5.32 Å². The van der Waals surface area contributed by atoms with Gasteiger partial charge in [0.1, 0.15) is 5.76 Å². The van der Waals surface area contributed by atoms with Crippen LogP contribution in [0, 0.1) is 0 Å². The van der Waals surface area contributed by atoms with Gasteiger partial charge in [-0.1, -0.05) is 17.3 Å². The third kappa shape index (κ3) is 3.66. The standard InChI is InChI=1S/C19H17N3O4/c23-18(15-10-17(26-22-15)13-5-6-13)20-11-12-3-7-14(8-4-12)21-19(24)16-2-1-9-25-16/h1-4,7-10,13H,5-6,11H2,(H,20,23)(H,21,24). The second-order valence-electron chi connectivity index (χ2n) is 6.20. The number of nitrogens with one attached hydrogen (secondary N) is 2. The molecule has 3 aromatic rings. The molecule has 0 unspecified atom stereocenters. The number of benzene rings is 1. The van der Waals surface area contributed by atoms with E-state index in [0.717, 1.165) is 24.2 Å². The normalized spacial score (nSPS) is 13.4. The van der Waals surface area contributed by atoms with Crippen LogP contribution < -0.4 is 10.6 Å². The zero-order chi connectivity index (χ0) is 17.9. The lowest BCUT2D eigenvalue weighted by Gasteiger charge is -2.06. The van der Waals surface area contributed by atoms with E-state index in [0.29, 0.717) is 23.8 Å². The van der Waals surface area contributed by atoms with Crippen LogP contribution in [-0.2, 0) is 6.54 Å². The molecule has 0 bridgehead atoms. The molecule has 0 saturated heterocycles. The minimum atomic E-state index is -0.312. The molecule has 2 N–H and O–H groups in total. The molecule has 0 radical (unpaired) electrons. The number of rotatable bonds is 6. The Kier molecular flexibility index (Phi) is 4.27. The molecule has 0 spiro atoms. The van der Waals surface area contributed by atoms with Gasteiger partial charge in [0.25, 0.3) is 11.8 Å². The van der Waals surface area contributed by atoms with E-state index in [9.17, 15) is 9.59 Å². The van der Waals surface area contributed by atoms with Crippen molar-refractivity contribution in [2.45, 2.75) is 25.3 Å². The number of hydrogen-bond donors (Lipinski definition) is 2. The molecule has 2 amide bonds. The first kappa shape index (κ1) is 16.1. The molecule has 1 saturated carbocycles. The summed E-state index contributed by atoms with van der Waals surface area (Å²) in [7, 11) is 0. The minimum Gasteiger partial charge on any atom is -0.459 e. The van der Waals surface area contributed by atoms with Crippen LogP contribution >= 0.6 is 0 Å². The maximum absolute atomic E-state index is 12.1. The van der Waals surface area contributed by atoms with Crippen molar-refractivity contribution in [1.82, 2.24) is 10.5 Å². The predicted octanol–water partition coefficient (Wildman–Crippen LogP) is 3.33. The van der Waals surface area contributed by atoms with Gasteiger partial charge in [0.15, 0.2) is 11.5 Å². The second-order valence-corrected chi connectivity index (χ2v) is 6.20. The quantitative estimate of drug-likeness (QED) is 0.710. The maximum atomic E-state index is 12.1. The van der Waals surface area contributed by atoms with Gasteiger partial charge >= 0.3 is 0 Å². The molecular formula is C19H17N3O4. The summed E-state index contributed by atoms with van der Waals surface area (Å²) in [6, 6.07) is 12.2. The first-order chi connectivity index (χ1) is 12.7. The summed E-state index contributed by atoms with van der Waals surface area (Å²) in [5, 5.41) is 9.36. The van der Waals surface area contributed by atoms with Gasteiger partial charge in [-0.15, -0.1) is 0 Å². The molecule has 1 aliphatic rings. The fraction of sp³-hybridized carbons (Fsp3) is 0.211. The summed E-state index contributed by atoms with van der Waals surface area (Å²) in [4.78, 5) is 24.0. The SMILES string of the molecule is O=C(NCc1ccc(NC(=O)c2ccco2)cc1)c1cc(C2CC2)on1. The Morgan fingerprint density at radius 2 is 1.92 bits per heavy atom. The van der Waals surface area contributed by atoms with Crippen LogP contribution in [0.3, 0.4) is 0 Å². The van der Waals surface area contributed by atoms with Crippen LogP contribution in [0.25, 0.3) is 0 Å². The van der Waals surface area contributed by atoms with Gasteiger partial charge in [-0.2, -0.15) is 0 Å². The smallest absolute Gasteiger partial charge is 0.291 e. The fourth-order valence-corrected chi connectivity index (χ4v) is 2.54. The van der Waals surface area contributed by atoms with E-state index in [1.54, 1.807) is 30.3 Å². The molecule has 132 valence electrons. The molecule has 4 rings (SSSR count). The third-order valence-electron chi connectivity index (χ3n) is 4.15. The Balaban J connectivity index is 1.30. The molecule has 26 heavy (non-hydrogen) atoms. The van der Waals surface area contributed by atoms with Gasteiger partial charge < -0.3 is 19.6 Å². The Morgan fingerprint density at radius 3 is 2.62 bits per heavy atom. The van der Waals surface area contributed by atoms with Crippen molar-refractivity contribution < 1.29 is 18.5 Å². The average Bonchev–Trinajstić information content (AvgIpc) is 3.15. The van der Waals surface area contributed by atoms with Crippen LogP contribution in [0.15, 0.2) is 57.7 Å². The Morgan fingerprint density at radius 1 is 1.12 bits per heavy atom. The average molecular weight is 351 g/mol. The largest absolute Gasteiger partial charge is 0.459 e. The summed E-state index contributed by atoms with van der Waals surface area (Å²) in [6.45, 7) is 0.358. The van der Waals surface area contributed by atoms with Gasteiger partial charge in [-0.3, -0.25) is 9.59 Å². The van der Waals surface area contributed by atoms with Gasteiger partial charge in [-0.05, 0) is 42.7 Å². The van der Waals surface area contributed by atoms with Crippen molar-refractivity contribution in [3.63, 3.8) is 0 Å². The summed E-state index contributed by atoms with van der Waals surface area (Å²) in [5.74, 6) is 0.878. The van der Waals surface area contributed by atoms with Crippen molar-refractivity contribution in [2.24, 2.45) is 0 Å². The van der Waals surface area contributed by atoms with Crippen LogP contribution in [0.5, 0.6) is 0 Å². The van der Waals surface area contributed by atoms with E-state index in [2.05, 4.69) is 15.8 Å². The summed E-state index contributed by atoms with van der Waals surface area (Å²) >= 11 is 0. The number of nitrogens with zero attached hydrogens (tertiary/aromatic N) is 1. The van der Waals surface area contributed by atoms with Crippen molar-refractivity contribution >= 4 is 17.5 Å². The zero-order valence-electron chi connectivity index (χ0n) is 13.9. The van der Waals surface area contributed by atoms with Crippen molar-refractivity contribution in [3.8, 4) is 0 Å². The molecule has 1 fully saturated rings. The Labute approximate surface area is 149 Å². The topological polar surface area (TPSA) is 97.4 Å². The van der Waals surface area contributed by atoms with Crippen LogP contribution in [0.4, 0.5) is 5.69 Å². The lowest BCUT2D eigenvalue weighted by atomic mass is 10.2. The molecule has 0 aliphatic heterocycles. The zero-order valence-corrected chi connectivity index (χ0v) is 13.9. The lowest BCUT2D eigenvalue weighted by Crippen LogP contribution is -2.23. The number of hydrogen-bond acceptors (Lipinski definition) is 5. The number of carbonyl (C=O) groups excluding carboxylic acids is 2. The third-order valence-corrected chi connectivity index (χ3v) is 4.15. The summed E-state index contributed by atoms with van der Waals surface area (Å²) in [6.07, 6.45) is 3.64. The molecule has 1 aliphatic carbocycles. The van der Waals surface area contributed by atoms with Gasteiger partial charge in [0, 0.05) is 24.2 Å². The molecule has 2 aromatic heterocycles. The van der Waals surface area contributed by atoms with E-state index < -0.39 is 0 Å². The fourth-order valence-electron chi connectivity index (χ4n) is 2.54. The molecule has 7 nitrogen and oxygen atoms in total. The van der Waals surface area contributed by atoms with E-state index >= 15 is 0 Å². The number of furan rings is 1. The number of aromatic nitrogens is 1. The highest BCUT2D eigenvalue weighted by Crippen LogP contribution is 2.40. The molecule has 1 aromatic carbocycles. The van der Waals surface area contributed by atoms with Crippen LogP contribution in [-0.4, -0.2) is 17.0 Å². The molecule has 0 atom stereocenters. The highest BCUT2D eigenvalue weighted by molar-refractivity contribution is 6.02. The second kappa shape index (κ2) is 6.87. The van der Waals surface area contributed by atoms with Crippen molar-refractivity contribution in [1.29, 1.82) is 0 Å².